The van der Waals surface area contributed by atoms with Crippen LogP contribution in [0.15, 0.2) is 72.8 Å². The van der Waals surface area contributed by atoms with Crippen molar-refractivity contribution in [2.24, 2.45) is 0 Å². The summed E-state index contributed by atoms with van der Waals surface area (Å²) in [6.45, 7) is 11.1. The maximum Gasteiger partial charge on any atom is 0.323 e. The number of nitrogens with zero attached hydrogens (tertiary/aromatic N) is 1. The largest absolute Gasteiger partial charge is 0.358 e. The zero-order chi connectivity index (χ0) is 33.5. The number of amides is 5. The molecule has 0 bridgehead atoms. The van der Waals surface area contributed by atoms with Crippen molar-refractivity contribution in [2.75, 3.05) is 47.4 Å². The molecule has 0 aliphatic carbocycles. The number of urea groups is 1. The van der Waals surface area contributed by atoms with Gasteiger partial charge >= 0.3 is 6.03 Å². The molecule has 0 atom stereocenters. The van der Waals surface area contributed by atoms with Crippen LogP contribution in [-0.4, -0.2) is 59.8 Å². The fraction of sp³-hybridized carbons (Fsp3) is 0.222. The van der Waals surface area contributed by atoms with Crippen LogP contribution in [0.5, 0.6) is 0 Å². The van der Waals surface area contributed by atoms with Crippen LogP contribution in [0.2, 0.25) is 0 Å². The summed E-state index contributed by atoms with van der Waals surface area (Å²) in [6.07, 6.45) is 1.75. The van der Waals surface area contributed by atoms with Gasteiger partial charge in [0.1, 0.15) is 0 Å². The molecule has 242 valence electrons. The van der Waals surface area contributed by atoms with E-state index in [2.05, 4.69) is 50.3 Å². The van der Waals surface area contributed by atoms with Gasteiger partial charge in [-0.3, -0.25) is 14.4 Å². The summed E-state index contributed by atoms with van der Waals surface area (Å²) in [5.41, 5.74) is 6.45. The van der Waals surface area contributed by atoms with Crippen LogP contribution in [-0.2, 0) is 4.79 Å². The van der Waals surface area contributed by atoms with E-state index >= 15 is 0 Å². The predicted octanol–water partition coefficient (Wildman–Crippen LogP) is 6.09. The SMILES string of the molecule is CCN(CC)CCNC(=O)c1c(C)[nH]c(C=C2C(=O)Nc3cc(NC(=O)Nc4cccc(NC(=O)c5ccccc5)c4)ccc32)c1C. The Bertz CT molecular complexity index is 1840. The Morgan fingerprint density at radius 1 is 0.809 bits per heavy atom. The molecule has 11 heteroatoms. The summed E-state index contributed by atoms with van der Waals surface area (Å²) >= 11 is 0. The van der Waals surface area contributed by atoms with Crippen LogP contribution < -0.4 is 26.6 Å². The third kappa shape index (κ3) is 7.77. The molecule has 1 aromatic heterocycles. The monoisotopic (exact) mass is 633 g/mol. The molecule has 0 saturated heterocycles. The Hall–Kier alpha value is -5.68. The summed E-state index contributed by atoms with van der Waals surface area (Å²) in [5, 5.41) is 14.3. The van der Waals surface area contributed by atoms with E-state index in [1.54, 1.807) is 72.8 Å². The maximum absolute atomic E-state index is 13.0. The van der Waals surface area contributed by atoms with Crippen molar-refractivity contribution in [1.82, 2.24) is 15.2 Å². The van der Waals surface area contributed by atoms with E-state index in [-0.39, 0.29) is 17.7 Å². The van der Waals surface area contributed by atoms with Crippen molar-refractivity contribution in [3.63, 3.8) is 0 Å². The average Bonchev–Trinajstić information content (AvgIpc) is 3.52. The summed E-state index contributed by atoms with van der Waals surface area (Å²) in [4.78, 5) is 56.8. The van der Waals surface area contributed by atoms with Gasteiger partial charge in [0.2, 0.25) is 0 Å². The van der Waals surface area contributed by atoms with E-state index in [0.29, 0.717) is 57.3 Å². The average molecular weight is 634 g/mol. The van der Waals surface area contributed by atoms with Crippen molar-refractivity contribution in [1.29, 1.82) is 0 Å². The fourth-order valence-electron chi connectivity index (χ4n) is 5.54. The third-order valence-electron chi connectivity index (χ3n) is 8.07. The molecule has 0 radical (unpaired) electrons. The highest BCUT2D eigenvalue weighted by atomic mass is 16.2. The van der Waals surface area contributed by atoms with Gasteiger partial charge in [0.15, 0.2) is 0 Å². The zero-order valence-corrected chi connectivity index (χ0v) is 26.9. The lowest BCUT2D eigenvalue weighted by molar-refractivity contribution is -0.110. The zero-order valence-electron chi connectivity index (χ0n) is 26.9. The second kappa shape index (κ2) is 14.6. The molecule has 6 N–H and O–H groups in total. The van der Waals surface area contributed by atoms with Gasteiger partial charge in [-0.1, -0.05) is 44.2 Å². The molecule has 3 aromatic carbocycles. The first-order valence-corrected chi connectivity index (χ1v) is 15.6. The summed E-state index contributed by atoms with van der Waals surface area (Å²) in [7, 11) is 0. The lowest BCUT2D eigenvalue weighted by Gasteiger charge is -2.18. The van der Waals surface area contributed by atoms with Crippen LogP contribution in [0.4, 0.5) is 27.5 Å². The molecule has 0 spiro atoms. The van der Waals surface area contributed by atoms with Gasteiger partial charge in [-0.2, -0.15) is 0 Å². The second-order valence-electron chi connectivity index (χ2n) is 11.2. The maximum atomic E-state index is 13.0. The number of rotatable bonds is 11. The number of carbonyl (C=O) groups is 4. The Kier molecular flexibility index (Phi) is 10.2. The first kappa shape index (κ1) is 32.7. The van der Waals surface area contributed by atoms with Crippen LogP contribution >= 0.6 is 0 Å². The molecule has 0 saturated carbocycles. The lowest BCUT2D eigenvalue weighted by atomic mass is 10.0. The number of anilines is 4. The number of carbonyl (C=O) groups excluding carboxylic acids is 4. The topological polar surface area (TPSA) is 147 Å². The molecule has 0 fully saturated rings. The van der Waals surface area contributed by atoms with Crippen molar-refractivity contribution < 1.29 is 19.2 Å². The van der Waals surface area contributed by atoms with Crippen LogP contribution in [0.25, 0.3) is 11.6 Å². The molecule has 2 heterocycles. The Labute approximate surface area is 273 Å². The highest BCUT2D eigenvalue weighted by Crippen LogP contribution is 2.36. The van der Waals surface area contributed by atoms with E-state index < -0.39 is 6.03 Å². The third-order valence-corrected chi connectivity index (χ3v) is 8.07. The van der Waals surface area contributed by atoms with E-state index in [9.17, 15) is 19.2 Å². The van der Waals surface area contributed by atoms with Gasteiger partial charge in [0, 0.05) is 52.7 Å². The van der Waals surface area contributed by atoms with Crippen LogP contribution in [0.3, 0.4) is 0 Å². The van der Waals surface area contributed by atoms with E-state index in [1.165, 1.54) is 0 Å². The number of hydrogen-bond donors (Lipinski definition) is 6. The van der Waals surface area contributed by atoms with E-state index in [0.717, 1.165) is 30.9 Å². The van der Waals surface area contributed by atoms with E-state index in [1.807, 2.05) is 19.9 Å². The molecule has 1 aliphatic rings. The molecule has 11 nitrogen and oxygen atoms in total. The highest BCUT2D eigenvalue weighted by molar-refractivity contribution is 6.35. The first-order chi connectivity index (χ1) is 22.7. The van der Waals surface area contributed by atoms with Gasteiger partial charge in [-0.05, 0) is 81.0 Å². The quantitative estimate of drug-likeness (QED) is 0.111. The predicted molar refractivity (Wildman–Crippen MR) is 187 cm³/mol. The number of benzene rings is 3. The van der Waals surface area contributed by atoms with Gasteiger partial charge in [0.05, 0.1) is 16.8 Å². The van der Waals surface area contributed by atoms with Crippen molar-refractivity contribution in [3.05, 3.63) is 106 Å². The van der Waals surface area contributed by atoms with Crippen molar-refractivity contribution in [3.8, 4) is 0 Å². The smallest absolute Gasteiger partial charge is 0.323 e. The highest BCUT2D eigenvalue weighted by Gasteiger charge is 2.26. The molecule has 1 aliphatic heterocycles. The molecule has 0 unspecified atom stereocenters. The van der Waals surface area contributed by atoms with Gasteiger partial charge in [0.25, 0.3) is 17.7 Å². The Balaban J connectivity index is 1.24. The standard InChI is InChI=1S/C36H39N7O4/c1-5-43(6-2)18-17-37-35(46)32-22(3)30(38-23(32)4)21-29-28-16-15-27(20-31(28)42-34(29)45)41-36(47)40-26-14-10-13-25(19-26)39-33(44)24-11-8-7-9-12-24/h7-16,19-21,38H,5-6,17-18H2,1-4H3,(H,37,46)(H,39,44)(H,42,45)(H2,40,41,47). The fourth-order valence-corrected chi connectivity index (χ4v) is 5.54. The number of likely N-dealkylation sites (N-methyl/N-ethyl adjacent to an activating group) is 1. The minimum atomic E-state index is -0.489. The Morgan fingerprint density at radius 2 is 1.49 bits per heavy atom. The van der Waals surface area contributed by atoms with Crippen molar-refractivity contribution in [2.45, 2.75) is 27.7 Å². The number of fused-ring (bicyclic) bond motifs is 1. The normalized spacial score (nSPS) is 12.9. The Morgan fingerprint density at radius 3 is 2.19 bits per heavy atom. The molecule has 5 rings (SSSR count). The summed E-state index contributed by atoms with van der Waals surface area (Å²) < 4.78 is 0. The minimum Gasteiger partial charge on any atom is -0.358 e. The molecular formula is C36H39N7O4. The number of nitrogens with one attached hydrogen (secondary N) is 6. The minimum absolute atomic E-state index is 0.151. The number of aromatic amines is 1. The van der Waals surface area contributed by atoms with Gasteiger partial charge < -0.3 is 36.5 Å². The molecular weight excluding hydrogens is 594 g/mol. The second-order valence-corrected chi connectivity index (χ2v) is 11.2. The first-order valence-electron chi connectivity index (χ1n) is 15.6. The van der Waals surface area contributed by atoms with Crippen LogP contribution in [0.1, 0.15) is 57.1 Å². The number of aryl methyl sites for hydroxylation is 1. The number of H-pyrrole nitrogens is 1. The molecule has 4 aromatic rings. The van der Waals surface area contributed by atoms with Gasteiger partial charge in [-0.25, -0.2) is 4.79 Å². The van der Waals surface area contributed by atoms with Crippen molar-refractivity contribution >= 4 is 58.2 Å². The van der Waals surface area contributed by atoms with E-state index in [4.69, 9.17) is 0 Å². The molecule has 5 amide bonds. The molecule has 47 heavy (non-hydrogen) atoms. The van der Waals surface area contributed by atoms with Crippen LogP contribution in [0, 0.1) is 13.8 Å². The number of aromatic nitrogens is 1. The summed E-state index contributed by atoms with van der Waals surface area (Å²) in [5.74, 6) is -0.690. The van der Waals surface area contributed by atoms with Gasteiger partial charge in [-0.15, -0.1) is 0 Å². The summed E-state index contributed by atoms with van der Waals surface area (Å²) in [6, 6.07) is 20.4. The number of hydrogen-bond acceptors (Lipinski definition) is 5. The lowest BCUT2D eigenvalue weighted by Crippen LogP contribution is -2.35.